The van der Waals surface area contributed by atoms with Gasteiger partial charge in [0.25, 0.3) is 0 Å². The summed E-state index contributed by atoms with van der Waals surface area (Å²) in [5, 5.41) is 69.3. The van der Waals surface area contributed by atoms with Crippen LogP contribution in [0.1, 0.15) is 48.0 Å². The maximum atomic E-state index is 12.5. The van der Waals surface area contributed by atoms with Crippen LogP contribution < -0.4 is 16.8 Å². The largest absolute Gasteiger partial charge is 0.398 e. The first kappa shape index (κ1) is 36.4. The van der Waals surface area contributed by atoms with E-state index in [0.29, 0.717) is 30.9 Å². The molecular weight excluding hydrogens is 578 g/mol. The Balaban J connectivity index is 1.72. The number of carbonyl (C=O) groups is 1. The lowest BCUT2D eigenvalue weighted by Crippen LogP contribution is -2.47. The van der Waals surface area contributed by atoms with Crippen LogP contribution >= 0.6 is 11.6 Å². The maximum Gasteiger partial charge on any atom is 0.170 e. The number of nitrogens with one attached hydrogen (secondary N) is 2. The minimum atomic E-state index is -1.33. The number of anilines is 3. The van der Waals surface area contributed by atoms with E-state index in [2.05, 4.69) is 5.32 Å². The number of benzene rings is 2. The lowest BCUT2D eigenvalue weighted by Gasteiger charge is -2.30. The fraction of sp³-hybridized carbons (Fsp3) is 0.533. The van der Waals surface area contributed by atoms with Crippen molar-refractivity contribution in [2.24, 2.45) is 0 Å². The lowest BCUT2D eigenvalue weighted by atomic mass is 9.99. The number of aryl methyl sites for hydroxylation is 1. The number of carbonyl (C=O) groups excluding carboxylic acids is 1. The SMILES string of the molecule is N=C(CCCCCc1ccc(NCCN(C[C@H](O)[C@H](O)CO)C[C@H](O)[C@H](O)CO)cc1)CC(=O)c1cc(Cl)c(N)cc1N. The van der Waals surface area contributed by atoms with Gasteiger partial charge in [0.2, 0.25) is 0 Å². The van der Waals surface area contributed by atoms with Gasteiger partial charge in [0.15, 0.2) is 5.78 Å². The molecule has 13 heteroatoms. The van der Waals surface area contributed by atoms with Crippen LogP contribution in [0.25, 0.3) is 0 Å². The van der Waals surface area contributed by atoms with Crippen molar-refractivity contribution in [1.82, 2.24) is 4.90 Å². The number of hydrogen-bond acceptors (Lipinski definition) is 12. The third-order valence-electron chi connectivity index (χ3n) is 7.15. The molecule has 4 atom stereocenters. The van der Waals surface area contributed by atoms with Gasteiger partial charge in [-0.3, -0.25) is 9.69 Å². The highest BCUT2D eigenvalue weighted by Gasteiger charge is 2.23. The summed E-state index contributed by atoms with van der Waals surface area (Å²) in [5.41, 5.74) is 14.8. The van der Waals surface area contributed by atoms with E-state index in [-0.39, 0.29) is 41.6 Å². The summed E-state index contributed by atoms with van der Waals surface area (Å²) in [7, 11) is 0. The van der Waals surface area contributed by atoms with Gasteiger partial charge in [-0.05, 0) is 55.5 Å². The van der Waals surface area contributed by atoms with E-state index in [1.165, 1.54) is 12.1 Å². The van der Waals surface area contributed by atoms with Crippen molar-refractivity contribution in [3.8, 4) is 0 Å². The van der Waals surface area contributed by atoms with E-state index < -0.39 is 37.6 Å². The van der Waals surface area contributed by atoms with E-state index in [9.17, 15) is 25.2 Å². The highest BCUT2D eigenvalue weighted by atomic mass is 35.5. The number of Topliss-reactive ketones (excluding diaryl/α,β-unsaturated/α-hetero) is 1. The van der Waals surface area contributed by atoms with E-state index in [0.717, 1.165) is 36.9 Å². The molecule has 0 saturated carbocycles. The zero-order chi connectivity index (χ0) is 31.9. The highest BCUT2D eigenvalue weighted by molar-refractivity contribution is 6.33. The Kier molecular flexibility index (Phi) is 15.9. The molecule has 2 rings (SSSR count). The number of unbranched alkanes of at least 4 members (excludes halogenated alkanes) is 2. The number of aliphatic hydroxyl groups is 6. The van der Waals surface area contributed by atoms with E-state index in [4.69, 9.17) is 38.7 Å². The lowest BCUT2D eigenvalue weighted by molar-refractivity contribution is -0.0529. The molecule has 2 aromatic rings. The Hall–Kier alpha value is -2.81. The van der Waals surface area contributed by atoms with Crippen LogP contribution in [-0.4, -0.2) is 111 Å². The van der Waals surface area contributed by atoms with Crippen LogP contribution in [0.4, 0.5) is 17.1 Å². The van der Waals surface area contributed by atoms with Crippen molar-refractivity contribution in [2.75, 3.05) is 56.2 Å². The van der Waals surface area contributed by atoms with Crippen LogP contribution in [0.3, 0.4) is 0 Å². The molecule has 43 heavy (non-hydrogen) atoms. The Morgan fingerprint density at radius 3 is 2.07 bits per heavy atom. The summed E-state index contributed by atoms with van der Waals surface area (Å²) in [4.78, 5) is 14.1. The van der Waals surface area contributed by atoms with Crippen molar-refractivity contribution in [1.29, 1.82) is 5.41 Å². The third-order valence-corrected chi connectivity index (χ3v) is 7.48. The quantitative estimate of drug-likeness (QED) is 0.0408. The Morgan fingerprint density at radius 1 is 0.884 bits per heavy atom. The number of rotatable bonds is 21. The monoisotopic (exact) mass is 623 g/mol. The molecule has 0 fully saturated rings. The molecule has 0 saturated heterocycles. The first-order valence-electron chi connectivity index (χ1n) is 14.4. The molecule has 2 aromatic carbocycles. The molecule has 0 unspecified atom stereocenters. The van der Waals surface area contributed by atoms with Crippen LogP contribution in [0.15, 0.2) is 36.4 Å². The average molecular weight is 624 g/mol. The average Bonchev–Trinajstić information content (AvgIpc) is 2.98. The van der Waals surface area contributed by atoms with E-state index in [1.807, 2.05) is 24.3 Å². The number of halogens is 1. The number of nitrogen functional groups attached to an aromatic ring is 2. The zero-order valence-corrected chi connectivity index (χ0v) is 25.1. The predicted octanol–water partition coefficient (Wildman–Crippen LogP) is 1.04. The van der Waals surface area contributed by atoms with E-state index in [1.54, 1.807) is 4.90 Å². The molecule has 0 aliphatic carbocycles. The van der Waals surface area contributed by atoms with Crippen LogP contribution in [0.2, 0.25) is 5.02 Å². The molecule has 0 heterocycles. The first-order chi connectivity index (χ1) is 20.4. The van der Waals surface area contributed by atoms with Gasteiger partial charge < -0.3 is 52.8 Å². The number of nitrogens with zero attached hydrogens (tertiary/aromatic N) is 1. The van der Waals surface area contributed by atoms with Crippen molar-refractivity contribution in [3.05, 3.63) is 52.5 Å². The molecule has 0 radical (unpaired) electrons. The first-order valence-corrected chi connectivity index (χ1v) is 14.8. The van der Waals surface area contributed by atoms with Gasteiger partial charge in [0, 0.05) is 55.2 Å². The zero-order valence-electron chi connectivity index (χ0n) is 24.3. The van der Waals surface area contributed by atoms with Crippen molar-refractivity contribution in [2.45, 2.75) is 62.9 Å². The fourth-order valence-electron chi connectivity index (χ4n) is 4.49. The van der Waals surface area contributed by atoms with E-state index >= 15 is 0 Å². The van der Waals surface area contributed by atoms with Gasteiger partial charge >= 0.3 is 0 Å². The Morgan fingerprint density at radius 2 is 1.49 bits per heavy atom. The Labute approximate surface area is 257 Å². The predicted molar refractivity (Wildman–Crippen MR) is 169 cm³/mol. The molecule has 0 aromatic heterocycles. The van der Waals surface area contributed by atoms with Gasteiger partial charge in [-0.2, -0.15) is 0 Å². The molecule has 0 amide bonds. The summed E-state index contributed by atoms with van der Waals surface area (Å²) in [5.74, 6) is -0.248. The van der Waals surface area contributed by atoms with Crippen molar-refractivity contribution in [3.63, 3.8) is 0 Å². The minimum Gasteiger partial charge on any atom is -0.398 e. The number of hydrogen-bond donors (Lipinski definition) is 10. The molecule has 0 spiro atoms. The topological polar surface area (TPSA) is 230 Å². The fourth-order valence-corrected chi connectivity index (χ4v) is 4.65. The van der Waals surface area contributed by atoms with Crippen LogP contribution in [-0.2, 0) is 6.42 Å². The second-order valence-electron chi connectivity index (χ2n) is 10.7. The number of ketones is 1. The number of nitrogens with two attached hydrogens (primary N) is 2. The van der Waals surface area contributed by atoms with Gasteiger partial charge in [-0.15, -0.1) is 0 Å². The second-order valence-corrected chi connectivity index (χ2v) is 11.2. The van der Waals surface area contributed by atoms with Crippen LogP contribution in [0, 0.1) is 5.41 Å². The molecule has 0 aliphatic heterocycles. The third kappa shape index (κ3) is 12.8. The molecule has 240 valence electrons. The van der Waals surface area contributed by atoms with Gasteiger partial charge in [-0.25, -0.2) is 0 Å². The normalized spacial score (nSPS) is 14.3. The molecule has 12 nitrogen and oxygen atoms in total. The minimum absolute atomic E-state index is 0.00689. The molecule has 0 aliphatic rings. The summed E-state index contributed by atoms with van der Waals surface area (Å²) >= 11 is 6.00. The van der Waals surface area contributed by atoms with Gasteiger partial charge in [-0.1, -0.05) is 30.2 Å². The standard InChI is InChI=1S/C30H46ClN5O7/c31-23-13-22(24(33)14-25(23)34)26(39)12-20(32)5-3-1-2-4-19-6-8-21(9-7-19)35-10-11-36(15-27(40)29(42)17-37)16-28(41)30(43)18-38/h6-9,13-14,27-30,32,35,37-38,40-43H,1-5,10-12,15-18,33-34H2/t27-,28-,29+,30+/m0/s1. The van der Waals surface area contributed by atoms with Gasteiger partial charge in [0.1, 0.15) is 12.2 Å². The van der Waals surface area contributed by atoms with Crippen molar-refractivity contribution < 1.29 is 35.4 Å². The molecule has 0 bridgehead atoms. The summed E-state index contributed by atoms with van der Waals surface area (Å²) in [6, 6.07) is 10.8. The summed E-state index contributed by atoms with van der Waals surface area (Å²) < 4.78 is 0. The smallest absolute Gasteiger partial charge is 0.170 e. The van der Waals surface area contributed by atoms with Crippen LogP contribution in [0.5, 0.6) is 0 Å². The number of aliphatic hydroxyl groups excluding tert-OH is 6. The Bertz CT molecular complexity index is 1140. The van der Waals surface area contributed by atoms with Crippen molar-refractivity contribution >= 4 is 40.2 Å². The second kappa shape index (κ2) is 18.8. The molecule has 12 N–H and O–H groups in total. The highest BCUT2D eigenvalue weighted by Crippen LogP contribution is 2.26. The van der Waals surface area contributed by atoms with Gasteiger partial charge in [0.05, 0.1) is 36.1 Å². The summed E-state index contributed by atoms with van der Waals surface area (Å²) in [6.45, 7) is -0.505. The summed E-state index contributed by atoms with van der Waals surface area (Å²) in [6.07, 6.45) is -1.12. The molecular formula is C30H46ClN5O7. The maximum absolute atomic E-state index is 12.5.